The van der Waals surface area contributed by atoms with Gasteiger partial charge >= 0.3 is 6.18 Å². The summed E-state index contributed by atoms with van der Waals surface area (Å²) in [5.74, 6) is 0.442. The first-order chi connectivity index (χ1) is 13.7. The van der Waals surface area contributed by atoms with E-state index in [2.05, 4.69) is 20.0 Å². The zero-order valence-corrected chi connectivity index (χ0v) is 16.7. The highest BCUT2D eigenvalue weighted by Crippen LogP contribution is 2.31. The Bertz CT molecular complexity index is 1040. The zero-order valence-electron chi connectivity index (χ0n) is 16.0. The van der Waals surface area contributed by atoms with Crippen LogP contribution in [0.4, 0.5) is 13.2 Å². The van der Waals surface area contributed by atoms with Gasteiger partial charge in [0.2, 0.25) is 0 Å². The Labute approximate surface area is 171 Å². The molecular formula is C20H19ClF3N5. The van der Waals surface area contributed by atoms with Gasteiger partial charge in [0, 0.05) is 56.0 Å². The SMILES string of the molecule is Cc1nn(C)c(Cl)c1CN1CCc2nc(-c3ccc(C(F)(F)F)cc3)ncc2C1. The molecule has 1 aromatic carbocycles. The van der Waals surface area contributed by atoms with E-state index in [0.29, 0.717) is 29.6 Å². The Morgan fingerprint density at radius 2 is 1.90 bits per heavy atom. The molecule has 3 heterocycles. The van der Waals surface area contributed by atoms with Gasteiger partial charge in [-0.3, -0.25) is 9.58 Å². The van der Waals surface area contributed by atoms with E-state index in [1.54, 1.807) is 10.9 Å². The number of fused-ring (bicyclic) bond motifs is 1. The summed E-state index contributed by atoms with van der Waals surface area (Å²) >= 11 is 6.34. The summed E-state index contributed by atoms with van der Waals surface area (Å²) in [4.78, 5) is 11.2. The Hall–Kier alpha value is -2.45. The molecule has 0 saturated heterocycles. The van der Waals surface area contributed by atoms with Crippen LogP contribution in [0.25, 0.3) is 11.4 Å². The van der Waals surface area contributed by atoms with E-state index in [9.17, 15) is 13.2 Å². The summed E-state index contributed by atoms with van der Waals surface area (Å²) in [6.07, 6.45) is -1.85. The van der Waals surface area contributed by atoms with Crippen molar-refractivity contribution in [2.75, 3.05) is 6.54 Å². The lowest BCUT2D eigenvalue weighted by Gasteiger charge is -2.28. The molecule has 0 atom stereocenters. The fraction of sp³-hybridized carbons (Fsp3) is 0.350. The van der Waals surface area contributed by atoms with Crippen molar-refractivity contribution in [3.05, 3.63) is 63.7 Å². The largest absolute Gasteiger partial charge is 0.416 e. The van der Waals surface area contributed by atoms with Gasteiger partial charge in [0.05, 0.1) is 17.0 Å². The number of aryl methyl sites for hydroxylation is 2. The summed E-state index contributed by atoms with van der Waals surface area (Å²) in [6, 6.07) is 4.93. The summed E-state index contributed by atoms with van der Waals surface area (Å²) in [7, 11) is 1.82. The predicted molar refractivity (Wildman–Crippen MR) is 103 cm³/mol. The standard InChI is InChI=1S/C20H19ClF3N5/c1-12-16(18(21)28(2)27-12)11-29-8-7-17-14(10-29)9-25-19(26-17)13-3-5-15(6-4-13)20(22,23)24/h3-6,9H,7-8,10-11H2,1-2H3. The third-order valence-electron chi connectivity index (χ3n) is 5.14. The predicted octanol–water partition coefficient (Wildman–Crippen LogP) is 4.42. The van der Waals surface area contributed by atoms with Crippen LogP contribution in [0.5, 0.6) is 0 Å². The molecule has 0 N–H and O–H groups in total. The third-order valence-corrected chi connectivity index (χ3v) is 5.61. The van der Waals surface area contributed by atoms with Crippen molar-refractivity contribution >= 4 is 11.6 Å². The topological polar surface area (TPSA) is 46.8 Å². The first-order valence-corrected chi connectivity index (χ1v) is 9.53. The lowest BCUT2D eigenvalue weighted by atomic mass is 10.1. The van der Waals surface area contributed by atoms with Crippen molar-refractivity contribution in [2.45, 2.75) is 32.6 Å². The second-order valence-corrected chi connectivity index (χ2v) is 7.54. The molecule has 0 amide bonds. The molecule has 1 aliphatic heterocycles. The Morgan fingerprint density at radius 3 is 2.52 bits per heavy atom. The van der Waals surface area contributed by atoms with Crippen LogP contribution in [0.3, 0.4) is 0 Å². The van der Waals surface area contributed by atoms with Crippen LogP contribution in [0.2, 0.25) is 5.15 Å². The molecule has 1 aliphatic rings. The number of halogens is 4. The van der Waals surface area contributed by atoms with Gasteiger partial charge in [-0.2, -0.15) is 18.3 Å². The number of alkyl halides is 3. The molecule has 0 bridgehead atoms. The van der Waals surface area contributed by atoms with E-state index in [1.807, 2.05) is 14.0 Å². The maximum absolute atomic E-state index is 12.7. The van der Waals surface area contributed by atoms with Gasteiger partial charge < -0.3 is 0 Å². The van der Waals surface area contributed by atoms with E-state index >= 15 is 0 Å². The number of hydrogen-bond donors (Lipinski definition) is 0. The highest BCUT2D eigenvalue weighted by atomic mass is 35.5. The normalized spacial score (nSPS) is 14.8. The second-order valence-electron chi connectivity index (χ2n) is 7.18. The Kier molecular flexibility index (Phi) is 5.08. The maximum Gasteiger partial charge on any atom is 0.416 e. The molecule has 0 radical (unpaired) electrons. The monoisotopic (exact) mass is 421 g/mol. The second kappa shape index (κ2) is 7.42. The van der Waals surface area contributed by atoms with Crippen LogP contribution in [0.15, 0.2) is 30.5 Å². The van der Waals surface area contributed by atoms with E-state index in [0.717, 1.165) is 47.6 Å². The van der Waals surface area contributed by atoms with Gasteiger partial charge in [-0.15, -0.1) is 0 Å². The van der Waals surface area contributed by atoms with E-state index in [1.165, 1.54) is 12.1 Å². The number of aromatic nitrogens is 4. The zero-order chi connectivity index (χ0) is 20.8. The number of hydrogen-bond acceptors (Lipinski definition) is 4. The first kappa shape index (κ1) is 19.8. The van der Waals surface area contributed by atoms with Crippen LogP contribution >= 0.6 is 11.6 Å². The van der Waals surface area contributed by atoms with Crippen LogP contribution in [-0.4, -0.2) is 31.2 Å². The summed E-state index contributed by atoms with van der Waals surface area (Å²) in [5, 5.41) is 4.99. The quantitative estimate of drug-likeness (QED) is 0.628. The molecule has 2 aromatic heterocycles. The van der Waals surface area contributed by atoms with E-state index < -0.39 is 11.7 Å². The fourth-order valence-electron chi connectivity index (χ4n) is 3.53. The molecule has 9 heteroatoms. The molecular weight excluding hydrogens is 403 g/mol. The van der Waals surface area contributed by atoms with Crippen molar-refractivity contribution in [1.82, 2.24) is 24.6 Å². The summed E-state index contributed by atoms with van der Waals surface area (Å²) in [5.41, 5.74) is 3.77. The van der Waals surface area contributed by atoms with Crippen molar-refractivity contribution < 1.29 is 13.2 Å². The summed E-state index contributed by atoms with van der Waals surface area (Å²) < 4.78 is 39.9. The van der Waals surface area contributed by atoms with Crippen molar-refractivity contribution in [1.29, 1.82) is 0 Å². The van der Waals surface area contributed by atoms with Crippen molar-refractivity contribution in [3.8, 4) is 11.4 Å². The lowest BCUT2D eigenvalue weighted by molar-refractivity contribution is -0.137. The van der Waals surface area contributed by atoms with Crippen LogP contribution < -0.4 is 0 Å². The minimum absolute atomic E-state index is 0.442. The first-order valence-electron chi connectivity index (χ1n) is 9.15. The van der Waals surface area contributed by atoms with Gasteiger partial charge in [-0.1, -0.05) is 23.7 Å². The molecule has 0 saturated carbocycles. The van der Waals surface area contributed by atoms with Crippen molar-refractivity contribution in [2.24, 2.45) is 7.05 Å². The fourth-order valence-corrected chi connectivity index (χ4v) is 3.77. The molecule has 4 rings (SSSR count). The number of nitrogens with zero attached hydrogens (tertiary/aromatic N) is 5. The molecule has 0 aliphatic carbocycles. The van der Waals surface area contributed by atoms with E-state index in [4.69, 9.17) is 11.6 Å². The molecule has 0 unspecified atom stereocenters. The molecule has 3 aromatic rings. The molecule has 0 fully saturated rings. The summed E-state index contributed by atoms with van der Waals surface area (Å²) in [6.45, 7) is 4.13. The van der Waals surface area contributed by atoms with Gasteiger partial charge in [0.1, 0.15) is 5.15 Å². The smallest absolute Gasteiger partial charge is 0.294 e. The number of rotatable bonds is 3. The van der Waals surface area contributed by atoms with Gasteiger partial charge in [-0.05, 0) is 19.1 Å². The number of benzene rings is 1. The van der Waals surface area contributed by atoms with Gasteiger partial charge in [0.25, 0.3) is 0 Å². The average molecular weight is 422 g/mol. The highest BCUT2D eigenvalue weighted by Gasteiger charge is 2.30. The molecule has 152 valence electrons. The molecule has 5 nitrogen and oxygen atoms in total. The van der Waals surface area contributed by atoms with Crippen LogP contribution in [0.1, 0.15) is 28.1 Å². The van der Waals surface area contributed by atoms with Crippen molar-refractivity contribution in [3.63, 3.8) is 0 Å². The maximum atomic E-state index is 12.7. The van der Waals surface area contributed by atoms with E-state index in [-0.39, 0.29) is 0 Å². The van der Waals surface area contributed by atoms with Crippen LogP contribution in [0, 0.1) is 6.92 Å². The average Bonchev–Trinajstić information content (AvgIpc) is 2.93. The van der Waals surface area contributed by atoms with Gasteiger partial charge in [-0.25, -0.2) is 9.97 Å². The Balaban J connectivity index is 1.51. The lowest BCUT2D eigenvalue weighted by Crippen LogP contribution is -2.31. The minimum atomic E-state index is -4.35. The third kappa shape index (κ3) is 4.00. The van der Waals surface area contributed by atoms with Crippen LogP contribution in [-0.2, 0) is 32.7 Å². The molecule has 29 heavy (non-hydrogen) atoms. The highest BCUT2D eigenvalue weighted by molar-refractivity contribution is 6.30. The van der Waals surface area contributed by atoms with Gasteiger partial charge in [0.15, 0.2) is 5.82 Å². The molecule has 0 spiro atoms. The Morgan fingerprint density at radius 1 is 1.17 bits per heavy atom. The minimum Gasteiger partial charge on any atom is -0.294 e.